The molecule has 1 aliphatic heterocycles. The van der Waals surface area contributed by atoms with Gasteiger partial charge in [0.2, 0.25) is 0 Å². The first-order valence-corrected chi connectivity index (χ1v) is 7.78. The summed E-state index contributed by atoms with van der Waals surface area (Å²) in [6, 6.07) is 9.44. The summed E-state index contributed by atoms with van der Waals surface area (Å²) in [7, 11) is 1.84. The summed E-state index contributed by atoms with van der Waals surface area (Å²) in [6.07, 6.45) is 3.43. The van der Waals surface area contributed by atoms with Gasteiger partial charge in [-0.3, -0.25) is 9.67 Å². The number of β-amino-alcohol motifs (C(OH)–C–C–N with tert-alkyl or cyclic N) is 1. The van der Waals surface area contributed by atoms with Gasteiger partial charge in [-0.05, 0) is 25.1 Å². The predicted molar refractivity (Wildman–Crippen MR) is 89.3 cm³/mol. The van der Waals surface area contributed by atoms with Crippen LogP contribution in [0.2, 0.25) is 0 Å². The third-order valence-electron chi connectivity index (χ3n) is 4.26. The highest BCUT2D eigenvalue weighted by Crippen LogP contribution is 2.34. The van der Waals surface area contributed by atoms with Crippen LogP contribution in [0.15, 0.2) is 42.7 Å². The zero-order chi connectivity index (χ0) is 16.7. The lowest BCUT2D eigenvalue weighted by Gasteiger charge is -2.47. The minimum atomic E-state index is -0.894. The molecule has 4 heterocycles. The van der Waals surface area contributed by atoms with Gasteiger partial charge in [0.25, 0.3) is 0 Å². The van der Waals surface area contributed by atoms with Gasteiger partial charge in [-0.25, -0.2) is 9.97 Å². The smallest absolute Gasteiger partial charge is 0.180 e. The van der Waals surface area contributed by atoms with Crippen LogP contribution in [0.3, 0.4) is 0 Å². The van der Waals surface area contributed by atoms with Crippen LogP contribution < -0.4 is 4.90 Å². The first kappa shape index (κ1) is 14.8. The van der Waals surface area contributed by atoms with E-state index in [1.807, 2.05) is 49.2 Å². The average molecular weight is 322 g/mol. The van der Waals surface area contributed by atoms with E-state index in [1.54, 1.807) is 17.1 Å². The third-order valence-corrected chi connectivity index (χ3v) is 4.26. The van der Waals surface area contributed by atoms with Gasteiger partial charge >= 0.3 is 0 Å². The number of hydrogen-bond acceptors (Lipinski definition) is 6. The number of pyridine rings is 1. The number of hydrogen-bond donors (Lipinski definition) is 1. The normalized spacial score (nSPS) is 16.0. The van der Waals surface area contributed by atoms with Gasteiger partial charge in [0.05, 0.1) is 18.8 Å². The molecule has 0 bridgehead atoms. The molecule has 4 rings (SSSR count). The summed E-state index contributed by atoms with van der Waals surface area (Å²) in [4.78, 5) is 15.4. The highest BCUT2D eigenvalue weighted by Gasteiger charge is 2.45. The molecule has 0 radical (unpaired) electrons. The summed E-state index contributed by atoms with van der Waals surface area (Å²) in [6.45, 7) is 2.89. The van der Waals surface area contributed by atoms with Crippen molar-refractivity contribution in [3.05, 3.63) is 54.1 Å². The van der Waals surface area contributed by atoms with Crippen LogP contribution in [-0.2, 0) is 12.6 Å². The molecular weight excluding hydrogens is 304 g/mol. The van der Waals surface area contributed by atoms with Crippen molar-refractivity contribution in [2.24, 2.45) is 7.05 Å². The molecule has 1 fully saturated rings. The highest BCUT2D eigenvalue weighted by molar-refractivity contribution is 5.55. The zero-order valence-electron chi connectivity index (χ0n) is 13.6. The average Bonchev–Trinajstić information content (AvgIpc) is 2.99. The summed E-state index contributed by atoms with van der Waals surface area (Å²) < 4.78 is 1.71. The molecule has 0 spiro atoms. The molecule has 1 aliphatic rings. The van der Waals surface area contributed by atoms with Crippen LogP contribution in [-0.4, -0.2) is 42.9 Å². The van der Waals surface area contributed by atoms with Crippen LogP contribution in [0.1, 0.15) is 11.4 Å². The predicted octanol–water partition coefficient (Wildman–Crippen LogP) is 1.29. The zero-order valence-corrected chi connectivity index (χ0v) is 13.6. The highest BCUT2D eigenvalue weighted by atomic mass is 16.3. The molecule has 1 saturated heterocycles. The molecule has 0 atom stereocenters. The second kappa shape index (κ2) is 5.38. The van der Waals surface area contributed by atoms with Crippen molar-refractivity contribution in [3.63, 3.8) is 0 Å². The van der Waals surface area contributed by atoms with Crippen LogP contribution in [0.4, 0.5) is 5.82 Å². The number of anilines is 1. The molecule has 3 aromatic rings. The van der Waals surface area contributed by atoms with Gasteiger partial charge in [-0.2, -0.15) is 5.10 Å². The Morgan fingerprint density at radius 3 is 2.62 bits per heavy atom. The Morgan fingerprint density at radius 1 is 1.12 bits per heavy atom. The fourth-order valence-electron chi connectivity index (χ4n) is 3.06. The standard InChI is InChI=1S/C17H18N6O/c1-12-9-15(21-16(20-12)13-5-3-4-7-18-13)23-10-17(24,11-23)14-6-8-19-22(14)2/h3-9,24H,10-11H2,1-2H3. The van der Waals surface area contributed by atoms with Crippen molar-refractivity contribution >= 4 is 5.82 Å². The number of aliphatic hydroxyl groups is 1. The van der Waals surface area contributed by atoms with Crippen LogP contribution in [0.25, 0.3) is 11.5 Å². The summed E-state index contributed by atoms with van der Waals surface area (Å²) >= 11 is 0. The largest absolute Gasteiger partial charge is 0.380 e. The number of rotatable bonds is 3. The van der Waals surface area contributed by atoms with Gasteiger partial charge in [-0.1, -0.05) is 6.07 Å². The van der Waals surface area contributed by atoms with Crippen molar-refractivity contribution in [2.75, 3.05) is 18.0 Å². The minimum Gasteiger partial charge on any atom is -0.380 e. The maximum Gasteiger partial charge on any atom is 0.180 e. The lowest BCUT2D eigenvalue weighted by Crippen LogP contribution is -2.60. The van der Waals surface area contributed by atoms with Gasteiger partial charge in [0, 0.05) is 31.2 Å². The molecule has 1 N–H and O–H groups in total. The van der Waals surface area contributed by atoms with Crippen molar-refractivity contribution < 1.29 is 5.11 Å². The minimum absolute atomic E-state index is 0.477. The third kappa shape index (κ3) is 2.43. The summed E-state index contributed by atoms with van der Waals surface area (Å²) in [5.74, 6) is 1.40. The molecule has 24 heavy (non-hydrogen) atoms. The van der Waals surface area contributed by atoms with Crippen LogP contribution in [0, 0.1) is 6.92 Å². The van der Waals surface area contributed by atoms with Gasteiger partial charge in [0.15, 0.2) is 5.82 Å². The number of nitrogens with zero attached hydrogens (tertiary/aromatic N) is 6. The van der Waals surface area contributed by atoms with E-state index in [-0.39, 0.29) is 0 Å². The van der Waals surface area contributed by atoms with Gasteiger partial charge in [0.1, 0.15) is 17.1 Å². The summed E-state index contributed by atoms with van der Waals surface area (Å²) in [5.41, 5.74) is 1.53. The molecule has 0 saturated carbocycles. The Morgan fingerprint density at radius 2 is 1.96 bits per heavy atom. The maximum absolute atomic E-state index is 10.8. The second-order valence-corrected chi connectivity index (χ2v) is 6.13. The molecule has 7 nitrogen and oxygen atoms in total. The van der Waals surface area contributed by atoms with Gasteiger partial charge in [-0.15, -0.1) is 0 Å². The molecule has 0 aliphatic carbocycles. The number of aryl methyl sites for hydroxylation is 2. The van der Waals surface area contributed by atoms with Crippen molar-refractivity contribution in [1.29, 1.82) is 0 Å². The van der Waals surface area contributed by atoms with Crippen LogP contribution >= 0.6 is 0 Å². The fraction of sp³-hybridized carbons (Fsp3) is 0.294. The van der Waals surface area contributed by atoms with E-state index < -0.39 is 5.60 Å². The Balaban J connectivity index is 1.61. The lowest BCUT2D eigenvalue weighted by atomic mass is 9.90. The van der Waals surface area contributed by atoms with Crippen LogP contribution in [0.5, 0.6) is 0 Å². The SMILES string of the molecule is Cc1cc(N2CC(O)(c3ccnn3C)C2)nc(-c2ccccn2)n1. The quantitative estimate of drug-likeness (QED) is 0.783. The van der Waals surface area contributed by atoms with E-state index in [9.17, 15) is 5.11 Å². The molecule has 122 valence electrons. The molecule has 7 heteroatoms. The lowest BCUT2D eigenvalue weighted by molar-refractivity contribution is -0.000499. The van der Waals surface area contributed by atoms with E-state index in [2.05, 4.69) is 20.1 Å². The Kier molecular flexibility index (Phi) is 3.31. The van der Waals surface area contributed by atoms with E-state index in [0.29, 0.717) is 18.9 Å². The Bertz CT molecular complexity index is 870. The van der Waals surface area contributed by atoms with Crippen molar-refractivity contribution in [3.8, 4) is 11.5 Å². The fourth-order valence-corrected chi connectivity index (χ4v) is 3.06. The van der Waals surface area contributed by atoms with Crippen molar-refractivity contribution in [2.45, 2.75) is 12.5 Å². The van der Waals surface area contributed by atoms with Crippen molar-refractivity contribution in [1.82, 2.24) is 24.7 Å². The topological polar surface area (TPSA) is 80.0 Å². The van der Waals surface area contributed by atoms with E-state index in [0.717, 1.165) is 22.9 Å². The molecule has 3 aromatic heterocycles. The Labute approximate surface area is 139 Å². The molecule has 0 unspecified atom stereocenters. The van der Waals surface area contributed by atoms with E-state index >= 15 is 0 Å². The molecular formula is C17H18N6O. The molecule has 0 aromatic carbocycles. The number of aromatic nitrogens is 5. The molecule has 0 amide bonds. The first-order valence-electron chi connectivity index (χ1n) is 7.78. The van der Waals surface area contributed by atoms with E-state index in [1.165, 1.54) is 0 Å². The summed E-state index contributed by atoms with van der Waals surface area (Å²) in [5, 5.41) is 14.9. The monoisotopic (exact) mass is 322 g/mol. The first-order chi connectivity index (χ1) is 11.5. The Hall–Kier alpha value is -2.80. The van der Waals surface area contributed by atoms with E-state index in [4.69, 9.17) is 0 Å². The maximum atomic E-state index is 10.8. The second-order valence-electron chi connectivity index (χ2n) is 6.13. The van der Waals surface area contributed by atoms with Gasteiger partial charge < -0.3 is 10.0 Å².